The molecule has 0 saturated carbocycles. The molecule has 1 aromatic rings. The number of hydrogen-bond acceptors (Lipinski definition) is 2. The van der Waals surface area contributed by atoms with Crippen LogP contribution in [0.25, 0.3) is 0 Å². The van der Waals surface area contributed by atoms with Crippen LogP contribution in [0.5, 0.6) is 0 Å². The maximum atomic E-state index is 11.5. The van der Waals surface area contributed by atoms with E-state index in [1.807, 2.05) is 13.8 Å². The van der Waals surface area contributed by atoms with Gasteiger partial charge in [0.2, 0.25) is 0 Å². The molecule has 0 aliphatic carbocycles. The summed E-state index contributed by atoms with van der Waals surface area (Å²) in [5, 5.41) is 6.55. The zero-order chi connectivity index (χ0) is 11.3. The van der Waals surface area contributed by atoms with Crippen LogP contribution in [0.3, 0.4) is 0 Å². The van der Waals surface area contributed by atoms with Crippen LogP contribution in [0.1, 0.15) is 24.3 Å². The monoisotopic (exact) mass is 229 g/mol. The summed E-state index contributed by atoms with van der Waals surface area (Å²) < 4.78 is 0. The van der Waals surface area contributed by atoms with Crippen LogP contribution in [0.15, 0.2) is 12.3 Å². The van der Waals surface area contributed by atoms with Gasteiger partial charge in [0.05, 0.1) is 5.02 Å². The lowest BCUT2D eigenvalue weighted by atomic mass is 10.3. The first-order valence-electron chi connectivity index (χ1n) is 4.99. The lowest BCUT2D eigenvalue weighted by Gasteiger charge is -2.12. The molecule has 0 spiro atoms. The minimum Gasteiger partial charge on any atom is -0.356 e. The SMILES string of the molecule is CCN[C@H](C)CNC(=O)c1cc(Cl)c[nH]1. The van der Waals surface area contributed by atoms with Gasteiger partial charge < -0.3 is 15.6 Å². The number of carbonyl (C=O) groups is 1. The third kappa shape index (κ3) is 3.93. The highest BCUT2D eigenvalue weighted by molar-refractivity contribution is 6.30. The van der Waals surface area contributed by atoms with Crippen LogP contribution in [-0.2, 0) is 0 Å². The van der Waals surface area contributed by atoms with Crippen LogP contribution >= 0.6 is 11.6 Å². The van der Waals surface area contributed by atoms with Gasteiger partial charge in [-0.1, -0.05) is 18.5 Å². The van der Waals surface area contributed by atoms with E-state index in [-0.39, 0.29) is 11.9 Å². The van der Waals surface area contributed by atoms with Crippen molar-refractivity contribution in [3.8, 4) is 0 Å². The predicted molar refractivity (Wildman–Crippen MR) is 61.3 cm³/mol. The van der Waals surface area contributed by atoms with Crippen LogP contribution in [0.2, 0.25) is 5.02 Å². The average molecular weight is 230 g/mol. The van der Waals surface area contributed by atoms with Crippen LogP contribution in [0.4, 0.5) is 0 Å². The summed E-state index contributed by atoms with van der Waals surface area (Å²) in [7, 11) is 0. The fourth-order valence-electron chi connectivity index (χ4n) is 1.26. The van der Waals surface area contributed by atoms with E-state index in [1.54, 1.807) is 12.3 Å². The predicted octanol–water partition coefficient (Wildman–Crippen LogP) is 1.40. The Morgan fingerprint density at radius 2 is 2.40 bits per heavy atom. The van der Waals surface area contributed by atoms with E-state index in [9.17, 15) is 4.79 Å². The zero-order valence-electron chi connectivity index (χ0n) is 8.93. The van der Waals surface area contributed by atoms with E-state index in [0.29, 0.717) is 17.3 Å². The Morgan fingerprint density at radius 1 is 1.67 bits per heavy atom. The number of nitrogens with one attached hydrogen (secondary N) is 3. The van der Waals surface area contributed by atoms with Crippen molar-refractivity contribution in [2.45, 2.75) is 19.9 Å². The minimum atomic E-state index is -0.133. The Morgan fingerprint density at radius 3 is 2.93 bits per heavy atom. The summed E-state index contributed by atoms with van der Waals surface area (Å²) in [6, 6.07) is 1.87. The van der Waals surface area contributed by atoms with Crippen molar-refractivity contribution in [1.82, 2.24) is 15.6 Å². The first kappa shape index (κ1) is 12.1. The molecular weight excluding hydrogens is 214 g/mol. The van der Waals surface area contributed by atoms with Crippen molar-refractivity contribution in [2.24, 2.45) is 0 Å². The van der Waals surface area contributed by atoms with Gasteiger partial charge in [-0.05, 0) is 19.5 Å². The third-order valence-electron chi connectivity index (χ3n) is 2.01. The Bertz CT molecular complexity index is 324. The van der Waals surface area contributed by atoms with Crippen molar-refractivity contribution >= 4 is 17.5 Å². The molecule has 0 bridgehead atoms. The number of hydrogen-bond donors (Lipinski definition) is 3. The van der Waals surface area contributed by atoms with E-state index in [0.717, 1.165) is 6.54 Å². The molecule has 0 fully saturated rings. The molecule has 1 amide bonds. The van der Waals surface area contributed by atoms with E-state index < -0.39 is 0 Å². The number of aromatic amines is 1. The van der Waals surface area contributed by atoms with Gasteiger partial charge >= 0.3 is 0 Å². The molecule has 4 nitrogen and oxygen atoms in total. The van der Waals surface area contributed by atoms with Gasteiger partial charge in [0.15, 0.2) is 0 Å². The van der Waals surface area contributed by atoms with Gasteiger partial charge in [0, 0.05) is 18.8 Å². The van der Waals surface area contributed by atoms with E-state index >= 15 is 0 Å². The van der Waals surface area contributed by atoms with Gasteiger partial charge in [-0.2, -0.15) is 0 Å². The summed E-state index contributed by atoms with van der Waals surface area (Å²) in [6.45, 7) is 5.54. The second-order valence-electron chi connectivity index (χ2n) is 3.40. The van der Waals surface area contributed by atoms with Crippen molar-refractivity contribution in [3.05, 3.63) is 23.0 Å². The van der Waals surface area contributed by atoms with Gasteiger partial charge in [0.25, 0.3) is 5.91 Å². The first-order valence-corrected chi connectivity index (χ1v) is 5.36. The van der Waals surface area contributed by atoms with Gasteiger partial charge in [-0.25, -0.2) is 0 Å². The lowest BCUT2D eigenvalue weighted by molar-refractivity contribution is 0.0946. The average Bonchev–Trinajstić information content (AvgIpc) is 2.62. The molecule has 1 atom stereocenters. The summed E-state index contributed by atoms with van der Waals surface area (Å²) in [6.07, 6.45) is 1.59. The number of likely N-dealkylation sites (N-methyl/N-ethyl adjacent to an activating group) is 1. The Hall–Kier alpha value is -1.00. The number of aromatic nitrogens is 1. The van der Waals surface area contributed by atoms with Crippen LogP contribution < -0.4 is 10.6 Å². The molecule has 0 radical (unpaired) electrons. The quantitative estimate of drug-likeness (QED) is 0.715. The molecular formula is C10H16ClN3O. The lowest BCUT2D eigenvalue weighted by Crippen LogP contribution is -2.38. The molecule has 0 aliphatic heterocycles. The molecule has 0 unspecified atom stereocenters. The largest absolute Gasteiger partial charge is 0.356 e. The van der Waals surface area contributed by atoms with Crippen molar-refractivity contribution in [1.29, 1.82) is 0 Å². The molecule has 1 aromatic heterocycles. The number of amides is 1. The van der Waals surface area contributed by atoms with Gasteiger partial charge in [0.1, 0.15) is 5.69 Å². The maximum Gasteiger partial charge on any atom is 0.267 e. The van der Waals surface area contributed by atoms with E-state index in [2.05, 4.69) is 15.6 Å². The van der Waals surface area contributed by atoms with E-state index in [1.165, 1.54) is 0 Å². The van der Waals surface area contributed by atoms with Crippen molar-refractivity contribution < 1.29 is 4.79 Å². The van der Waals surface area contributed by atoms with E-state index in [4.69, 9.17) is 11.6 Å². The highest BCUT2D eigenvalue weighted by atomic mass is 35.5. The van der Waals surface area contributed by atoms with Crippen LogP contribution in [-0.4, -0.2) is 30.0 Å². The smallest absolute Gasteiger partial charge is 0.267 e. The molecule has 1 heterocycles. The zero-order valence-corrected chi connectivity index (χ0v) is 9.69. The Kier molecular flexibility index (Phi) is 4.65. The van der Waals surface area contributed by atoms with Crippen LogP contribution in [0, 0.1) is 0 Å². The Balaban J connectivity index is 2.36. The fourth-order valence-corrected chi connectivity index (χ4v) is 1.42. The summed E-state index contributed by atoms with van der Waals surface area (Å²) in [5.41, 5.74) is 0.490. The maximum absolute atomic E-state index is 11.5. The van der Waals surface area contributed by atoms with Gasteiger partial charge in [-0.15, -0.1) is 0 Å². The molecule has 0 aromatic carbocycles. The molecule has 15 heavy (non-hydrogen) atoms. The fraction of sp³-hybridized carbons (Fsp3) is 0.500. The highest BCUT2D eigenvalue weighted by Crippen LogP contribution is 2.08. The van der Waals surface area contributed by atoms with Crippen molar-refractivity contribution in [2.75, 3.05) is 13.1 Å². The second kappa shape index (κ2) is 5.78. The Labute approximate surface area is 94.4 Å². The molecule has 1 rings (SSSR count). The molecule has 84 valence electrons. The summed E-state index contributed by atoms with van der Waals surface area (Å²) >= 11 is 5.69. The van der Waals surface area contributed by atoms with Crippen molar-refractivity contribution in [3.63, 3.8) is 0 Å². The normalized spacial score (nSPS) is 12.5. The first-order chi connectivity index (χ1) is 7.13. The second-order valence-corrected chi connectivity index (χ2v) is 3.84. The third-order valence-corrected chi connectivity index (χ3v) is 2.23. The number of rotatable bonds is 5. The molecule has 0 aliphatic rings. The number of H-pyrrole nitrogens is 1. The topological polar surface area (TPSA) is 56.9 Å². The standard InChI is InChI=1S/C10H16ClN3O/c1-3-12-7(2)5-14-10(15)9-4-8(11)6-13-9/h4,6-7,12-13H,3,5H2,1-2H3,(H,14,15)/t7-/m1/s1. The van der Waals surface area contributed by atoms with Gasteiger partial charge in [-0.3, -0.25) is 4.79 Å². The summed E-state index contributed by atoms with van der Waals surface area (Å²) in [5.74, 6) is -0.133. The summed E-state index contributed by atoms with van der Waals surface area (Å²) in [4.78, 5) is 14.3. The molecule has 3 N–H and O–H groups in total. The molecule has 0 saturated heterocycles. The number of halogens is 1. The molecule has 5 heteroatoms. The highest BCUT2D eigenvalue weighted by Gasteiger charge is 2.08. The number of carbonyl (C=O) groups excluding carboxylic acids is 1. The minimum absolute atomic E-state index is 0.133.